The Bertz CT molecular complexity index is 1680. The molecular weight excluding hydrogens is 371 g/mol. The van der Waals surface area contributed by atoms with Crippen LogP contribution in [0.4, 0.5) is 5.69 Å². The van der Waals surface area contributed by atoms with Gasteiger partial charge in [-0.1, -0.05) is 24.3 Å². The van der Waals surface area contributed by atoms with E-state index in [1.807, 2.05) is 12.1 Å². The number of para-hydroxylation sites is 1. The Morgan fingerprint density at radius 2 is 1.57 bits per heavy atom. The van der Waals surface area contributed by atoms with E-state index in [0.29, 0.717) is 11.4 Å². The number of rotatable bonds is 0. The van der Waals surface area contributed by atoms with E-state index in [4.69, 9.17) is 16.0 Å². The minimum Gasteiger partial charge on any atom is -0.469 e. The molecule has 0 N–H and O–H groups in total. The molecule has 1 aromatic heterocycles. The van der Waals surface area contributed by atoms with Gasteiger partial charge in [0.15, 0.2) is 0 Å². The standard InChI is InChI=1S/C25H11BN2O2/c1-27-15-10-12-20-23-25(15)30-19-11-9-14-13-5-2-3-6-16(13)28-17-7-4-8-18(29-20)21(17)26(23)22(19)24(14)28/h2-12H. The summed E-state index contributed by atoms with van der Waals surface area (Å²) in [4.78, 5) is 3.72. The van der Waals surface area contributed by atoms with E-state index in [1.54, 1.807) is 6.07 Å². The lowest BCUT2D eigenvalue weighted by Crippen LogP contribution is -2.60. The second kappa shape index (κ2) is 4.69. The minimum atomic E-state index is 0.000845. The highest BCUT2D eigenvalue weighted by Crippen LogP contribution is 2.45. The van der Waals surface area contributed by atoms with Gasteiger partial charge >= 0.3 is 0 Å². The summed E-state index contributed by atoms with van der Waals surface area (Å²) in [6, 6.07) is 22.7. The van der Waals surface area contributed by atoms with Gasteiger partial charge in [0.1, 0.15) is 23.0 Å². The lowest BCUT2D eigenvalue weighted by molar-refractivity contribution is 0.466. The quantitative estimate of drug-likeness (QED) is 0.288. The molecule has 3 aliphatic heterocycles. The van der Waals surface area contributed by atoms with Crippen LogP contribution in [0.5, 0.6) is 23.0 Å². The molecule has 0 fully saturated rings. The van der Waals surface area contributed by atoms with Crippen LogP contribution in [0.2, 0.25) is 0 Å². The SMILES string of the molecule is [C-]#[N+]c1ccc2c3c1Oc1ccc4c5ccccc5n5c4c1B3c1c(cccc1-5)O2. The summed E-state index contributed by atoms with van der Waals surface area (Å²) < 4.78 is 15.1. The Balaban J connectivity index is 1.67. The molecule has 4 nitrogen and oxygen atoms in total. The van der Waals surface area contributed by atoms with E-state index in [9.17, 15) is 0 Å². The fraction of sp³-hybridized carbons (Fsp3) is 0. The molecule has 0 aliphatic carbocycles. The molecule has 0 spiro atoms. The minimum absolute atomic E-state index is 0.000845. The van der Waals surface area contributed by atoms with Crippen LogP contribution in [0, 0.1) is 6.57 Å². The van der Waals surface area contributed by atoms with Crippen LogP contribution >= 0.6 is 0 Å². The average Bonchev–Trinajstić information content (AvgIpc) is 3.13. The smallest absolute Gasteiger partial charge is 0.264 e. The lowest BCUT2D eigenvalue weighted by atomic mass is 9.33. The second-order valence-corrected chi connectivity index (χ2v) is 7.99. The molecule has 5 heteroatoms. The molecule has 30 heavy (non-hydrogen) atoms. The van der Waals surface area contributed by atoms with E-state index >= 15 is 0 Å². The molecule has 0 bridgehead atoms. The Kier molecular flexibility index (Phi) is 2.31. The molecule has 0 atom stereocenters. The maximum absolute atomic E-state index is 7.64. The summed E-state index contributed by atoms with van der Waals surface area (Å²) >= 11 is 0. The van der Waals surface area contributed by atoms with Crippen molar-refractivity contribution in [3.63, 3.8) is 0 Å². The Morgan fingerprint density at radius 1 is 0.733 bits per heavy atom. The molecule has 8 rings (SSSR count). The van der Waals surface area contributed by atoms with E-state index in [-0.39, 0.29) is 6.71 Å². The van der Waals surface area contributed by atoms with Crippen molar-refractivity contribution in [3.05, 3.63) is 78.1 Å². The molecular formula is C25H11BN2O2. The van der Waals surface area contributed by atoms with Crippen molar-refractivity contribution >= 4 is 50.6 Å². The van der Waals surface area contributed by atoms with E-state index < -0.39 is 0 Å². The number of nitrogens with zero attached hydrogens (tertiary/aromatic N) is 2. The van der Waals surface area contributed by atoms with Gasteiger partial charge in [0.25, 0.3) is 6.71 Å². The van der Waals surface area contributed by atoms with Crippen molar-refractivity contribution in [3.8, 4) is 28.7 Å². The molecule has 0 amide bonds. The Hall–Kier alpha value is -4.17. The van der Waals surface area contributed by atoms with Crippen molar-refractivity contribution in [2.45, 2.75) is 0 Å². The van der Waals surface area contributed by atoms with E-state index in [2.05, 4.69) is 57.9 Å². The first kappa shape index (κ1) is 14.8. The van der Waals surface area contributed by atoms with Gasteiger partial charge in [-0.25, -0.2) is 4.85 Å². The van der Waals surface area contributed by atoms with Gasteiger partial charge in [-0.3, -0.25) is 0 Å². The topological polar surface area (TPSA) is 27.8 Å². The Morgan fingerprint density at radius 3 is 2.50 bits per heavy atom. The monoisotopic (exact) mass is 382 g/mol. The van der Waals surface area contributed by atoms with Crippen LogP contribution < -0.4 is 25.9 Å². The Labute approximate surface area is 171 Å². The molecule has 136 valence electrons. The number of aromatic nitrogens is 1. The molecule has 0 saturated heterocycles. The highest BCUT2D eigenvalue weighted by molar-refractivity contribution is 7.00. The summed E-state index contributed by atoms with van der Waals surface area (Å²) in [7, 11) is 0. The van der Waals surface area contributed by atoms with Gasteiger partial charge in [0.2, 0.25) is 5.69 Å². The third kappa shape index (κ3) is 1.44. The number of fused-ring (bicyclic) bond motifs is 4. The van der Waals surface area contributed by atoms with Crippen LogP contribution in [0.15, 0.2) is 66.7 Å². The molecule has 0 saturated carbocycles. The van der Waals surface area contributed by atoms with Crippen molar-refractivity contribution in [1.29, 1.82) is 0 Å². The van der Waals surface area contributed by atoms with Gasteiger partial charge in [-0.15, -0.1) is 0 Å². The fourth-order valence-corrected chi connectivity index (χ4v) is 5.58. The molecule has 0 unspecified atom stereocenters. The van der Waals surface area contributed by atoms with Crippen molar-refractivity contribution < 1.29 is 9.47 Å². The van der Waals surface area contributed by atoms with Gasteiger partial charge in [-0.2, -0.15) is 0 Å². The molecule has 0 radical (unpaired) electrons. The predicted molar refractivity (Wildman–Crippen MR) is 118 cm³/mol. The fourth-order valence-electron chi connectivity index (χ4n) is 5.58. The number of hydrogen-bond donors (Lipinski definition) is 0. The van der Waals surface area contributed by atoms with Crippen molar-refractivity contribution in [1.82, 2.24) is 4.57 Å². The van der Waals surface area contributed by atoms with Gasteiger partial charge < -0.3 is 14.0 Å². The normalized spacial score (nSPS) is 13.8. The summed E-state index contributed by atoms with van der Waals surface area (Å²) in [6.07, 6.45) is 0. The summed E-state index contributed by atoms with van der Waals surface area (Å²) in [6.45, 7) is 7.64. The third-order valence-electron chi connectivity index (χ3n) is 6.67. The van der Waals surface area contributed by atoms with Crippen molar-refractivity contribution in [2.24, 2.45) is 0 Å². The highest BCUT2D eigenvalue weighted by atomic mass is 16.5. The zero-order valence-electron chi connectivity index (χ0n) is 15.6. The zero-order chi connectivity index (χ0) is 19.6. The zero-order valence-corrected chi connectivity index (χ0v) is 15.6. The van der Waals surface area contributed by atoms with Crippen LogP contribution in [0.1, 0.15) is 0 Å². The second-order valence-electron chi connectivity index (χ2n) is 7.99. The van der Waals surface area contributed by atoms with Gasteiger partial charge in [-0.05, 0) is 53.4 Å². The highest BCUT2D eigenvalue weighted by Gasteiger charge is 2.46. The molecule has 3 aliphatic rings. The molecule has 4 heterocycles. The first-order valence-electron chi connectivity index (χ1n) is 9.94. The number of benzene rings is 4. The van der Waals surface area contributed by atoms with Crippen molar-refractivity contribution in [2.75, 3.05) is 0 Å². The predicted octanol–water partition coefficient (Wildman–Crippen LogP) is 4.38. The van der Waals surface area contributed by atoms with E-state index in [0.717, 1.165) is 33.9 Å². The largest absolute Gasteiger partial charge is 0.469 e. The maximum atomic E-state index is 7.64. The van der Waals surface area contributed by atoms with Crippen LogP contribution in [-0.2, 0) is 0 Å². The number of ether oxygens (including phenoxy) is 2. The maximum Gasteiger partial charge on any atom is 0.264 e. The summed E-state index contributed by atoms with van der Waals surface area (Å²) in [5.74, 6) is 3.11. The van der Waals surface area contributed by atoms with Crippen LogP contribution in [-0.4, -0.2) is 11.3 Å². The number of hydrogen-bond acceptors (Lipinski definition) is 2. The first-order chi connectivity index (χ1) is 14.8. The summed E-state index contributed by atoms with van der Waals surface area (Å²) in [5.41, 5.74) is 7.33. The summed E-state index contributed by atoms with van der Waals surface area (Å²) in [5, 5.41) is 2.45. The average molecular weight is 382 g/mol. The molecule has 5 aromatic rings. The lowest BCUT2D eigenvalue weighted by Gasteiger charge is -2.37. The van der Waals surface area contributed by atoms with E-state index in [1.165, 1.54) is 27.3 Å². The third-order valence-corrected chi connectivity index (χ3v) is 6.67. The molecule has 4 aromatic carbocycles. The van der Waals surface area contributed by atoms with Gasteiger partial charge in [0, 0.05) is 21.9 Å². The van der Waals surface area contributed by atoms with Crippen LogP contribution in [0.3, 0.4) is 0 Å². The first-order valence-corrected chi connectivity index (χ1v) is 9.94. The van der Waals surface area contributed by atoms with Crippen LogP contribution in [0.25, 0.3) is 32.3 Å². The van der Waals surface area contributed by atoms with Gasteiger partial charge in [0.05, 0.1) is 17.6 Å².